The van der Waals surface area contributed by atoms with Crippen LogP contribution in [0.3, 0.4) is 0 Å². The number of hydrogen-bond donors (Lipinski definition) is 2. The number of aliphatic carboxylic acids is 1. The number of nitrogens with zero attached hydrogens (tertiary/aromatic N) is 1. The standard InChI is InChI=1S/C27H28N2O4S/c1-3-5-16-27(4-2,26(31)32)29-25(30)20-15-14-18-10-6-7-11-19(18)24(20)33-17-23-28-21-12-8-9-13-22(21)34-23/h6-15H,3-5,16-17H2,1-2H3,(H,29,30)(H,31,32). The van der Waals surface area contributed by atoms with E-state index >= 15 is 0 Å². The Labute approximate surface area is 202 Å². The van der Waals surface area contributed by atoms with Crippen LogP contribution in [-0.2, 0) is 11.4 Å². The lowest BCUT2D eigenvalue weighted by Crippen LogP contribution is -2.54. The van der Waals surface area contributed by atoms with Gasteiger partial charge in [0.1, 0.15) is 22.9 Å². The molecular weight excluding hydrogens is 448 g/mol. The lowest BCUT2D eigenvalue weighted by molar-refractivity contribution is -0.145. The van der Waals surface area contributed by atoms with Crippen LogP contribution >= 0.6 is 11.3 Å². The number of carbonyl (C=O) groups excluding carboxylic acids is 1. The van der Waals surface area contributed by atoms with E-state index in [0.717, 1.165) is 32.4 Å². The lowest BCUT2D eigenvalue weighted by Gasteiger charge is -2.30. The van der Waals surface area contributed by atoms with E-state index in [4.69, 9.17) is 4.74 Å². The number of amides is 1. The highest BCUT2D eigenvalue weighted by molar-refractivity contribution is 7.18. The first-order valence-corrected chi connectivity index (χ1v) is 12.3. The van der Waals surface area contributed by atoms with Gasteiger partial charge in [-0.1, -0.05) is 69.2 Å². The molecule has 3 aromatic carbocycles. The third kappa shape index (κ3) is 4.75. The molecule has 4 rings (SSSR count). The number of nitrogens with one attached hydrogen (secondary N) is 1. The first-order chi connectivity index (χ1) is 16.5. The van der Waals surface area contributed by atoms with Crippen LogP contribution in [-0.4, -0.2) is 27.5 Å². The van der Waals surface area contributed by atoms with Gasteiger partial charge in [-0.15, -0.1) is 11.3 Å². The number of benzene rings is 3. The minimum Gasteiger partial charge on any atom is -0.485 e. The average molecular weight is 477 g/mol. The maximum Gasteiger partial charge on any atom is 0.329 e. The summed E-state index contributed by atoms with van der Waals surface area (Å²) in [6, 6.07) is 19.1. The SMILES string of the molecule is CCCCC(CC)(NC(=O)c1ccc2ccccc2c1OCc1nc2ccccc2s1)C(=O)O. The quantitative estimate of drug-likeness (QED) is 0.285. The van der Waals surface area contributed by atoms with Crippen molar-refractivity contribution < 1.29 is 19.4 Å². The molecule has 6 nitrogen and oxygen atoms in total. The number of carboxylic acid groups (broad SMARTS) is 1. The van der Waals surface area contributed by atoms with E-state index in [9.17, 15) is 14.7 Å². The summed E-state index contributed by atoms with van der Waals surface area (Å²) in [5, 5.41) is 15.3. The zero-order valence-electron chi connectivity index (χ0n) is 19.3. The summed E-state index contributed by atoms with van der Waals surface area (Å²) in [6.45, 7) is 4.00. The molecule has 4 aromatic rings. The van der Waals surface area contributed by atoms with E-state index in [1.165, 1.54) is 0 Å². The van der Waals surface area contributed by atoms with Crippen LogP contribution in [0.15, 0.2) is 60.7 Å². The van der Waals surface area contributed by atoms with Gasteiger partial charge in [0.2, 0.25) is 0 Å². The number of carbonyl (C=O) groups is 2. The summed E-state index contributed by atoms with van der Waals surface area (Å²) in [5.41, 5.74) is -0.0919. The van der Waals surface area contributed by atoms with Gasteiger partial charge >= 0.3 is 5.97 Å². The summed E-state index contributed by atoms with van der Waals surface area (Å²) in [4.78, 5) is 30.2. The predicted octanol–water partition coefficient (Wildman–Crippen LogP) is 6.18. The largest absolute Gasteiger partial charge is 0.485 e. The molecule has 0 saturated carbocycles. The molecule has 176 valence electrons. The topological polar surface area (TPSA) is 88.5 Å². The van der Waals surface area contributed by atoms with Crippen LogP contribution in [0, 0.1) is 0 Å². The second-order valence-corrected chi connectivity index (χ2v) is 9.44. The molecule has 1 amide bonds. The third-order valence-corrected chi connectivity index (χ3v) is 7.14. The Morgan fingerprint density at radius 2 is 1.82 bits per heavy atom. The Kier molecular flexibility index (Phi) is 7.12. The van der Waals surface area contributed by atoms with Crippen molar-refractivity contribution in [2.45, 2.75) is 51.7 Å². The van der Waals surface area contributed by atoms with Gasteiger partial charge in [0.25, 0.3) is 5.91 Å². The van der Waals surface area contributed by atoms with Crippen molar-refractivity contribution in [3.8, 4) is 5.75 Å². The molecule has 0 aliphatic carbocycles. The molecule has 0 bridgehead atoms. The van der Waals surface area contributed by atoms with Gasteiger partial charge in [0.05, 0.1) is 15.8 Å². The van der Waals surface area contributed by atoms with Crippen LogP contribution in [0.1, 0.15) is 54.9 Å². The fourth-order valence-electron chi connectivity index (χ4n) is 4.10. The van der Waals surface area contributed by atoms with E-state index < -0.39 is 17.4 Å². The summed E-state index contributed by atoms with van der Waals surface area (Å²) in [6.07, 6.45) is 2.22. The monoisotopic (exact) mass is 476 g/mol. The molecule has 0 aliphatic rings. The Balaban J connectivity index is 1.68. The zero-order chi connectivity index (χ0) is 24.1. The molecule has 1 heterocycles. The second-order valence-electron chi connectivity index (χ2n) is 8.33. The van der Waals surface area contributed by atoms with E-state index in [-0.39, 0.29) is 6.61 Å². The summed E-state index contributed by atoms with van der Waals surface area (Å²) < 4.78 is 7.29. The van der Waals surface area contributed by atoms with Crippen LogP contribution in [0.2, 0.25) is 0 Å². The number of rotatable bonds is 10. The number of carboxylic acids is 1. The van der Waals surface area contributed by atoms with E-state index in [2.05, 4.69) is 10.3 Å². The van der Waals surface area contributed by atoms with Crippen LogP contribution in [0.4, 0.5) is 0 Å². The number of ether oxygens (including phenoxy) is 1. The normalized spacial score (nSPS) is 13.0. The number of hydrogen-bond acceptors (Lipinski definition) is 5. The van der Waals surface area contributed by atoms with Gasteiger partial charge in [-0.3, -0.25) is 4.79 Å². The minimum atomic E-state index is -1.32. The molecule has 7 heteroatoms. The summed E-state index contributed by atoms with van der Waals surface area (Å²) >= 11 is 1.55. The lowest BCUT2D eigenvalue weighted by atomic mass is 9.89. The molecule has 0 aliphatic heterocycles. The molecule has 0 radical (unpaired) electrons. The minimum absolute atomic E-state index is 0.210. The van der Waals surface area contributed by atoms with Gasteiger partial charge in [0, 0.05) is 5.39 Å². The third-order valence-electron chi connectivity index (χ3n) is 6.13. The molecule has 0 saturated heterocycles. The molecule has 0 spiro atoms. The molecule has 34 heavy (non-hydrogen) atoms. The van der Waals surface area contributed by atoms with E-state index in [1.807, 2.05) is 61.5 Å². The fourth-order valence-corrected chi connectivity index (χ4v) is 4.98. The smallest absolute Gasteiger partial charge is 0.329 e. The zero-order valence-corrected chi connectivity index (χ0v) is 20.2. The van der Waals surface area contributed by atoms with E-state index in [1.54, 1.807) is 24.3 Å². The Morgan fingerprint density at radius 1 is 1.06 bits per heavy atom. The maximum absolute atomic E-state index is 13.4. The molecular formula is C27H28N2O4S. The number of fused-ring (bicyclic) bond motifs is 2. The van der Waals surface area contributed by atoms with Gasteiger partial charge in [-0.05, 0) is 36.4 Å². The highest BCUT2D eigenvalue weighted by Gasteiger charge is 2.38. The number of para-hydroxylation sites is 1. The first kappa shape index (κ1) is 23.7. The number of unbranched alkanes of at least 4 members (excludes halogenated alkanes) is 1. The van der Waals surface area contributed by atoms with Crippen molar-refractivity contribution >= 4 is 44.2 Å². The molecule has 1 aromatic heterocycles. The van der Waals surface area contributed by atoms with Crippen LogP contribution in [0.5, 0.6) is 5.75 Å². The summed E-state index contributed by atoms with van der Waals surface area (Å²) in [7, 11) is 0. The van der Waals surface area contributed by atoms with Crippen molar-refractivity contribution in [1.82, 2.24) is 10.3 Å². The van der Waals surface area contributed by atoms with Gasteiger partial charge in [0.15, 0.2) is 0 Å². The van der Waals surface area contributed by atoms with Crippen molar-refractivity contribution in [1.29, 1.82) is 0 Å². The van der Waals surface area contributed by atoms with Crippen molar-refractivity contribution in [3.63, 3.8) is 0 Å². The van der Waals surface area contributed by atoms with Crippen molar-refractivity contribution in [3.05, 3.63) is 71.2 Å². The highest BCUT2D eigenvalue weighted by atomic mass is 32.1. The molecule has 1 atom stereocenters. The Hall–Kier alpha value is -3.45. The van der Waals surface area contributed by atoms with Crippen molar-refractivity contribution in [2.24, 2.45) is 0 Å². The van der Waals surface area contributed by atoms with Crippen LogP contribution in [0.25, 0.3) is 21.0 Å². The molecule has 1 unspecified atom stereocenters. The molecule has 2 N–H and O–H groups in total. The highest BCUT2D eigenvalue weighted by Crippen LogP contribution is 2.32. The van der Waals surface area contributed by atoms with Gasteiger partial charge in [-0.2, -0.15) is 0 Å². The Bertz CT molecular complexity index is 1300. The summed E-state index contributed by atoms with van der Waals surface area (Å²) in [5.74, 6) is -1.04. The number of aromatic nitrogens is 1. The second kappa shape index (κ2) is 10.2. The van der Waals surface area contributed by atoms with Gasteiger partial charge < -0.3 is 15.2 Å². The van der Waals surface area contributed by atoms with Crippen LogP contribution < -0.4 is 10.1 Å². The average Bonchev–Trinajstić information content (AvgIpc) is 3.27. The molecule has 0 fully saturated rings. The Morgan fingerprint density at radius 3 is 2.56 bits per heavy atom. The number of thiazole rings is 1. The van der Waals surface area contributed by atoms with E-state index in [0.29, 0.717) is 30.6 Å². The van der Waals surface area contributed by atoms with Crippen molar-refractivity contribution in [2.75, 3.05) is 0 Å². The van der Waals surface area contributed by atoms with Gasteiger partial charge in [-0.25, -0.2) is 9.78 Å². The maximum atomic E-state index is 13.4. The first-order valence-electron chi connectivity index (χ1n) is 11.5. The predicted molar refractivity (Wildman–Crippen MR) is 136 cm³/mol. The fraction of sp³-hybridized carbons (Fsp3) is 0.296.